The molecule has 1 aliphatic heterocycles. The Kier molecular flexibility index (Phi) is 6.51. The summed E-state index contributed by atoms with van der Waals surface area (Å²) in [6, 6.07) is -0.0404. The Labute approximate surface area is 196 Å². The molecule has 0 aromatic carbocycles. The summed E-state index contributed by atoms with van der Waals surface area (Å²) in [7, 11) is -1.78. The van der Waals surface area contributed by atoms with E-state index in [1.165, 1.54) is 27.0 Å². The molecule has 0 saturated heterocycles. The zero-order valence-corrected chi connectivity index (χ0v) is 20.3. The molecule has 0 bridgehead atoms. The van der Waals surface area contributed by atoms with E-state index in [0.29, 0.717) is 23.4 Å². The van der Waals surface area contributed by atoms with Crippen LogP contribution in [-0.4, -0.2) is 30.7 Å². The van der Waals surface area contributed by atoms with Gasteiger partial charge in [0.15, 0.2) is 5.82 Å². The van der Waals surface area contributed by atoms with E-state index in [0.717, 1.165) is 47.4 Å². The van der Waals surface area contributed by atoms with E-state index in [1.54, 1.807) is 0 Å². The van der Waals surface area contributed by atoms with Crippen molar-refractivity contribution in [1.82, 2.24) is 15.4 Å². The molecule has 2 aliphatic carbocycles. The van der Waals surface area contributed by atoms with Crippen molar-refractivity contribution in [2.75, 3.05) is 7.11 Å². The van der Waals surface area contributed by atoms with Gasteiger partial charge in [-0.1, -0.05) is 0 Å². The summed E-state index contributed by atoms with van der Waals surface area (Å²) >= 11 is 0.925. The third kappa shape index (κ3) is 4.51. The Bertz CT molecular complexity index is 1020. The van der Waals surface area contributed by atoms with Crippen LogP contribution < -0.4 is 20.5 Å². The molecule has 1 fully saturated rings. The molecule has 2 heterocycles. The van der Waals surface area contributed by atoms with Crippen LogP contribution in [0.5, 0.6) is 0 Å². The van der Waals surface area contributed by atoms with Crippen molar-refractivity contribution >= 4 is 28.0 Å². The average Bonchev–Trinajstić information content (AvgIpc) is 3.44. The van der Waals surface area contributed by atoms with Gasteiger partial charge in [0.1, 0.15) is 4.21 Å². The third-order valence-electron chi connectivity index (χ3n) is 6.32. The number of nitrogens with two attached hydrogens (primary N) is 1. The number of fused-ring (bicyclic) bond motifs is 1. The largest absolute Gasteiger partial charge is 0.385 e. The first-order chi connectivity index (χ1) is 15.4. The van der Waals surface area contributed by atoms with Gasteiger partial charge in [-0.25, -0.2) is 18.0 Å². The lowest BCUT2D eigenvalue weighted by Crippen LogP contribution is -2.45. The quantitative estimate of drug-likeness (QED) is 0.396. The van der Waals surface area contributed by atoms with E-state index in [-0.39, 0.29) is 4.21 Å². The summed E-state index contributed by atoms with van der Waals surface area (Å²) in [6.45, 7) is 3.04. The van der Waals surface area contributed by atoms with Gasteiger partial charge in [0.25, 0.3) is 0 Å². The topological polar surface area (TPSA) is 109 Å². The van der Waals surface area contributed by atoms with Crippen molar-refractivity contribution in [2.45, 2.75) is 68.2 Å². The fraction of sp³-hybridized carbons (Fsp3) is 0.571. The molecule has 3 atom stereocenters. The van der Waals surface area contributed by atoms with Gasteiger partial charge in [-0.2, -0.15) is 0 Å². The number of urea groups is 1. The summed E-state index contributed by atoms with van der Waals surface area (Å²) in [5.74, 6) is -1.50. The number of amides is 2. The highest BCUT2D eigenvalue weighted by Gasteiger charge is 2.43. The van der Waals surface area contributed by atoms with Crippen LogP contribution in [0.25, 0.3) is 0 Å². The highest BCUT2D eigenvalue weighted by molar-refractivity contribution is 8.27. The summed E-state index contributed by atoms with van der Waals surface area (Å²) in [6.07, 6.45) is 0.675. The number of halogens is 3. The summed E-state index contributed by atoms with van der Waals surface area (Å²) in [5.41, 5.74) is 1.86. The van der Waals surface area contributed by atoms with E-state index < -0.39 is 46.5 Å². The Hall–Kier alpha value is -1.73. The number of nitrogens with one attached hydrogen (secondary N) is 3. The third-order valence-corrected chi connectivity index (χ3v) is 10.3. The number of carbonyl (C=O) groups is 1. The van der Waals surface area contributed by atoms with Gasteiger partial charge >= 0.3 is 6.03 Å². The second kappa shape index (κ2) is 8.81. The minimum Gasteiger partial charge on any atom is -0.385 e. The van der Waals surface area contributed by atoms with Crippen LogP contribution in [0.2, 0.25) is 0 Å². The van der Waals surface area contributed by atoms with Crippen LogP contribution >= 0.6 is 22.0 Å². The number of carbonyl (C=O) groups excluding carboxylic acids is 1. The lowest BCUT2D eigenvalue weighted by atomic mass is 9.93. The van der Waals surface area contributed by atoms with E-state index >= 15 is 0 Å². The van der Waals surface area contributed by atoms with Crippen LogP contribution in [0.15, 0.2) is 32.8 Å². The number of hydrogen-bond donors (Lipinski definition) is 5. The molecule has 7 nitrogen and oxygen atoms in total. The predicted molar refractivity (Wildman–Crippen MR) is 122 cm³/mol. The standard InChI is InChI=1S/C21H29F3N4O3S2/c1-21(2,30)15-9-13(22)19(32-15)33(25,31-3)28-20(29)27-16-10-5-4-6-14(10)26-17-11(16)7-8-12(17)18(23)24/h9,12,17-18,26,30H,4-8,25H2,1-3H3,(H2,27,28,29). The number of hydrogen-bond acceptors (Lipinski definition) is 6. The SMILES string of the molecule is COS(N)(NC(=O)NC1=C2CCC(C(F)F)C2NC2=C1CCC2)c1sc(C(C)(C)O)cc1F. The van der Waals surface area contributed by atoms with Gasteiger partial charge in [0.2, 0.25) is 6.43 Å². The number of thiophene rings is 1. The molecule has 0 radical (unpaired) electrons. The number of allylic oxidation sites excluding steroid dienone is 2. The number of dihydropyridines is 1. The second-order valence-corrected chi connectivity index (χ2v) is 12.5. The van der Waals surface area contributed by atoms with Crippen LogP contribution in [-0.2, 0) is 9.78 Å². The molecule has 2 amide bonds. The summed E-state index contributed by atoms with van der Waals surface area (Å²) in [5, 5.41) is 22.6. The van der Waals surface area contributed by atoms with Gasteiger partial charge in [-0.15, -0.1) is 11.3 Å². The first kappa shape index (κ1) is 24.4. The minimum absolute atomic E-state index is 0.0162. The molecule has 33 heavy (non-hydrogen) atoms. The second-order valence-electron chi connectivity index (χ2n) is 9.00. The Morgan fingerprint density at radius 2 is 2.12 bits per heavy atom. The normalized spacial score (nSPS) is 25.5. The lowest BCUT2D eigenvalue weighted by molar-refractivity contribution is 0.0701. The Morgan fingerprint density at radius 1 is 1.39 bits per heavy atom. The van der Waals surface area contributed by atoms with E-state index in [1.807, 2.05) is 0 Å². The van der Waals surface area contributed by atoms with Crippen LogP contribution in [0.3, 0.4) is 0 Å². The molecule has 184 valence electrons. The molecule has 6 N–H and O–H groups in total. The summed E-state index contributed by atoms with van der Waals surface area (Å²) < 4.78 is 49.7. The zero-order valence-electron chi connectivity index (χ0n) is 18.6. The maximum Gasteiger partial charge on any atom is 0.330 e. The maximum atomic E-state index is 14.7. The molecule has 1 aromatic heterocycles. The smallest absolute Gasteiger partial charge is 0.330 e. The van der Waals surface area contributed by atoms with Crippen LogP contribution in [0.1, 0.15) is 50.8 Å². The van der Waals surface area contributed by atoms with Crippen molar-refractivity contribution < 1.29 is 27.3 Å². The maximum absolute atomic E-state index is 14.7. The van der Waals surface area contributed by atoms with Crippen molar-refractivity contribution in [1.29, 1.82) is 0 Å². The van der Waals surface area contributed by atoms with E-state index in [4.69, 9.17) is 9.32 Å². The molecule has 0 spiro atoms. The van der Waals surface area contributed by atoms with Crippen molar-refractivity contribution in [3.63, 3.8) is 0 Å². The van der Waals surface area contributed by atoms with Gasteiger partial charge in [0, 0.05) is 32.9 Å². The van der Waals surface area contributed by atoms with Gasteiger partial charge in [-0.3, -0.25) is 9.86 Å². The molecule has 12 heteroatoms. The number of aliphatic hydroxyl groups is 1. The summed E-state index contributed by atoms with van der Waals surface area (Å²) in [4.78, 5) is 13.4. The number of alkyl halides is 2. The molecular weight excluding hydrogens is 477 g/mol. The van der Waals surface area contributed by atoms with E-state index in [9.17, 15) is 23.1 Å². The van der Waals surface area contributed by atoms with Crippen LogP contribution in [0.4, 0.5) is 18.0 Å². The lowest BCUT2D eigenvalue weighted by Gasteiger charge is -2.34. The molecule has 1 aromatic rings. The molecule has 1 saturated carbocycles. The Morgan fingerprint density at radius 3 is 2.73 bits per heavy atom. The highest BCUT2D eigenvalue weighted by Crippen LogP contribution is 2.52. The molecular formula is C21H29F3N4O3S2. The Balaban J connectivity index is 1.59. The fourth-order valence-corrected chi connectivity index (χ4v) is 7.53. The van der Waals surface area contributed by atoms with Crippen LogP contribution in [0, 0.1) is 11.7 Å². The van der Waals surface area contributed by atoms with Gasteiger partial charge < -0.3 is 19.9 Å². The molecule has 3 aliphatic rings. The molecule has 4 rings (SSSR count). The van der Waals surface area contributed by atoms with Crippen molar-refractivity contribution in [2.24, 2.45) is 11.1 Å². The minimum atomic E-state index is -3.05. The van der Waals surface area contributed by atoms with Gasteiger partial charge in [0.05, 0.1) is 18.8 Å². The van der Waals surface area contributed by atoms with E-state index in [2.05, 4.69) is 15.4 Å². The van der Waals surface area contributed by atoms with Crippen molar-refractivity contribution in [3.05, 3.63) is 39.3 Å². The first-order valence-corrected chi connectivity index (χ1v) is 13.2. The first-order valence-electron chi connectivity index (χ1n) is 10.7. The fourth-order valence-electron chi connectivity index (χ4n) is 4.67. The predicted octanol–water partition coefficient (Wildman–Crippen LogP) is 4.27. The number of rotatable bonds is 6. The van der Waals surface area contributed by atoms with Gasteiger partial charge in [-0.05, 0) is 63.2 Å². The zero-order chi connectivity index (χ0) is 24.1. The highest BCUT2D eigenvalue weighted by atomic mass is 32.3. The van der Waals surface area contributed by atoms with Crippen molar-refractivity contribution in [3.8, 4) is 0 Å². The monoisotopic (exact) mass is 506 g/mol. The average molecular weight is 507 g/mol. The molecule has 3 unspecified atom stereocenters.